The lowest BCUT2D eigenvalue weighted by molar-refractivity contribution is -0.170. The van der Waals surface area contributed by atoms with E-state index < -0.39 is 6.29 Å². The van der Waals surface area contributed by atoms with Crippen molar-refractivity contribution in [3.05, 3.63) is 35.9 Å². The van der Waals surface area contributed by atoms with Crippen molar-refractivity contribution in [2.24, 2.45) is 0 Å². The summed E-state index contributed by atoms with van der Waals surface area (Å²) in [6, 6.07) is 9.65. The zero-order valence-electron chi connectivity index (χ0n) is 8.64. The van der Waals surface area contributed by atoms with Gasteiger partial charge in [-0.2, -0.15) is 0 Å². The smallest absolute Gasteiger partial charge is 0.304 e. The molecule has 0 aliphatic heterocycles. The number of benzene rings is 1. The molecule has 15 heavy (non-hydrogen) atoms. The molecule has 0 amide bonds. The fraction of sp³-hybridized carbons (Fsp3) is 0.364. The average Bonchev–Trinajstić information content (AvgIpc) is 2.26. The summed E-state index contributed by atoms with van der Waals surface area (Å²) < 4.78 is 10.1. The van der Waals surface area contributed by atoms with Crippen LogP contribution in [0, 0.1) is 0 Å². The van der Waals surface area contributed by atoms with Crippen LogP contribution in [0.5, 0.6) is 0 Å². The number of hydrogen-bond donors (Lipinski definition) is 0. The summed E-state index contributed by atoms with van der Waals surface area (Å²) in [5.41, 5.74) is 1.01. The number of methoxy groups -OCH3 is 1. The van der Waals surface area contributed by atoms with Crippen molar-refractivity contribution in [3.8, 4) is 0 Å². The first-order chi connectivity index (χ1) is 7.15. The first-order valence-electron chi connectivity index (χ1n) is 4.54. The number of hydrogen-bond acceptors (Lipinski definition) is 3. The largest absolute Gasteiger partial charge is 0.434 e. The van der Waals surface area contributed by atoms with E-state index in [4.69, 9.17) is 9.47 Å². The molecule has 0 aliphatic rings. The fourth-order valence-corrected chi connectivity index (χ4v) is 1.81. The van der Waals surface area contributed by atoms with Crippen molar-refractivity contribution < 1.29 is 14.3 Å². The lowest BCUT2D eigenvalue weighted by atomic mass is 10.1. The van der Waals surface area contributed by atoms with Crippen LogP contribution < -0.4 is 0 Å². The highest BCUT2D eigenvalue weighted by molar-refractivity contribution is 9.09. The second kappa shape index (κ2) is 5.88. The maximum Gasteiger partial charge on any atom is 0.304 e. The van der Waals surface area contributed by atoms with Gasteiger partial charge >= 0.3 is 5.97 Å². The van der Waals surface area contributed by atoms with Gasteiger partial charge in [-0.15, -0.1) is 0 Å². The lowest BCUT2D eigenvalue weighted by Gasteiger charge is -2.20. The zero-order chi connectivity index (χ0) is 11.3. The summed E-state index contributed by atoms with van der Waals surface area (Å²) in [5, 5.41) is 0. The number of carbonyl (C=O) groups excluding carboxylic acids is 1. The number of alkyl halides is 1. The molecule has 1 aromatic rings. The van der Waals surface area contributed by atoms with E-state index in [1.165, 1.54) is 14.0 Å². The van der Waals surface area contributed by atoms with Gasteiger partial charge in [0.2, 0.25) is 6.29 Å². The molecule has 0 saturated heterocycles. The Kier molecular flexibility index (Phi) is 4.78. The van der Waals surface area contributed by atoms with Gasteiger partial charge in [-0.25, -0.2) is 0 Å². The molecule has 0 saturated carbocycles. The van der Waals surface area contributed by atoms with Gasteiger partial charge in [0.25, 0.3) is 0 Å². The highest BCUT2D eigenvalue weighted by atomic mass is 79.9. The predicted octanol–water partition coefficient (Wildman–Crippen LogP) is 2.66. The molecule has 82 valence electrons. The van der Waals surface area contributed by atoms with Crippen LogP contribution in [0.1, 0.15) is 17.3 Å². The van der Waals surface area contributed by atoms with Crippen molar-refractivity contribution >= 4 is 21.9 Å². The Balaban J connectivity index is 2.73. The van der Waals surface area contributed by atoms with Gasteiger partial charge in [-0.3, -0.25) is 4.79 Å². The summed E-state index contributed by atoms with van der Waals surface area (Å²) in [4.78, 5) is 10.7. The molecule has 0 aliphatic carbocycles. The molecule has 1 rings (SSSR count). The van der Waals surface area contributed by atoms with Crippen LogP contribution in [-0.2, 0) is 14.3 Å². The number of rotatable bonds is 4. The van der Waals surface area contributed by atoms with Crippen LogP contribution in [0.15, 0.2) is 30.3 Å². The van der Waals surface area contributed by atoms with Gasteiger partial charge in [0.15, 0.2) is 0 Å². The van der Waals surface area contributed by atoms with E-state index in [-0.39, 0.29) is 10.8 Å². The maximum atomic E-state index is 10.8. The quantitative estimate of drug-likeness (QED) is 0.480. The average molecular weight is 273 g/mol. The topological polar surface area (TPSA) is 35.5 Å². The molecule has 1 aromatic carbocycles. The molecule has 0 bridgehead atoms. The van der Waals surface area contributed by atoms with E-state index in [1.807, 2.05) is 30.3 Å². The van der Waals surface area contributed by atoms with Crippen molar-refractivity contribution in [1.29, 1.82) is 0 Å². The number of carbonyl (C=O) groups is 1. The number of halogens is 1. The Bertz CT molecular complexity index is 313. The number of esters is 1. The molecule has 0 spiro atoms. The van der Waals surface area contributed by atoms with Gasteiger partial charge in [-0.05, 0) is 5.56 Å². The van der Waals surface area contributed by atoms with Crippen molar-refractivity contribution in [3.63, 3.8) is 0 Å². The van der Waals surface area contributed by atoms with Crippen molar-refractivity contribution in [2.75, 3.05) is 7.11 Å². The molecular weight excluding hydrogens is 260 g/mol. The monoisotopic (exact) mass is 272 g/mol. The van der Waals surface area contributed by atoms with Gasteiger partial charge in [0.1, 0.15) is 4.83 Å². The molecule has 0 radical (unpaired) electrons. The Morgan fingerprint density at radius 3 is 2.40 bits per heavy atom. The Morgan fingerprint density at radius 1 is 1.33 bits per heavy atom. The van der Waals surface area contributed by atoms with E-state index in [2.05, 4.69) is 15.9 Å². The second-order valence-corrected chi connectivity index (χ2v) is 4.01. The normalized spacial score (nSPS) is 14.3. The minimum absolute atomic E-state index is 0.160. The highest BCUT2D eigenvalue weighted by Gasteiger charge is 2.22. The van der Waals surface area contributed by atoms with Crippen LogP contribution in [0.4, 0.5) is 0 Å². The van der Waals surface area contributed by atoms with Crippen molar-refractivity contribution in [2.45, 2.75) is 18.0 Å². The number of ether oxygens (including phenoxy) is 2. The molecular formula is C11H13BrO3. The van der Waals surface area contributed by atoms with Gasteiger partial charge in [0.05, 0.1) is 0 Å². The third kappa shape index (κ3) is 3.64. The summed E-state index contributed by atoms with van der Waals surface area (Å²) in [6.45, 7) is 1.36. The van der Waals surface area contributed by atoms with Crippen LogP contribution in [0.2, 0.25) is 0 Å². The molecule has 3 nitrogen and oxygen atoms in total. The zero-order valence-corrected chi connectivity index (χ0v) is 10.2. The summed E-state index contributed by atoms with van der Waals surface area (Å²) in [7, 11) is 1.50. The van der Waals surface area contributed by atoms with E-state index in [0.717, 1.165) is 5.56 Å². The first-order valence-corrected chi connectivity index (χ1v) is 5.45. The molecule has 0 aromatic heterocycles. The molecule has 2 unspecified atom stereocenters. The maximum absolute atomic E-state index is 10.8. The molecule has 0 N–H and O–H groups in total. The Hall–Kier alpha value is -0.870. The third-order valence-corrected chi connectivity index (χ3v) is 2.83. The summed E-state index contributed by atoms with van der Waals surface area (Å²) in [6.07, 6.45) is -0.607. The van der Waals surface area contributed by atoms with Crippen LogP contribution in [0.25, 0.3) is 0 Å². The lowest BCUT2D eigenvalue weighted by Crippen LogP contribution is -2.23. The fourth-order valence-electron chi connectivity index (χ4n) is 1.18. The highest BCUT2D eigenvalue weighted by Crippen LogP contribution is 2.28. The van der Waals surface area contributed by atoms with Gasteiger partial charge in [0, 0.05) is 14.0 Å². The molecule has 0 heterocycles. The van der Waals surface area contributed by atoms with Crippen LogP contribution >= 0.6 is 15.9 Å². The first kappa shape index (κ1) is 12.2. The predicted molar refractivity (Wildman–Crippen MR) is 60.7 cm³/mol. The van der Waals surface area contributed by atoms with Crippen LogP contribution in [0.3, 0.4) is 0 Å². The van der Waals surface area contributed by atoms with Gasteiger partial charge in [-0.1, -0.05) is 46.3 Å². The standard InChI is InChI=1S/C11H13BrO3/c1-8(13)15-11(14-2)10(12)9-6-4-3-5-7-9/h3-7,10-11H,1-2H3. The van der Waals surface area contributed by atoms with E-state index in [1.54, 1.807) is 0 Å². The summed E-state index contributed by atoms with van der Waals surface area (Å²) in [5.74, 6) is -0.359. The Morgan fingerprint density at radius 2 is 1.93 bits per heavy atom. The molecule has 0 fully saturated rings. The van der Waals surface area contributed by atoms with Gasteiger partial charge < -0.3 is 9.47 Å². The van der Waals surface area contributed by atoms with Crippen LogP contribution in [-0.4, -0.2) is 19.4 Å². The molecule has 4 heteroatoms. The van der Waals surface area contributed by atoms with E-state index >= 15 is 0 Å². The van der Waals surface area contributed by atoms with Crippen molar-refractivity contribution in [1.82, 2.24) is 0 Å². The minimum atomic E-state index is -0.607. The SMILES string of the molecule is COC(OC(C)=O)C(Br)c1ccccc1. The van der Waals surface area contributed by atoms with E-state index in [9.17, 15) is 4.79 Å². The second-order valence-electron chi connectivity index (χ2n) is 3.03. The minimum Gasteiger partial charge on any atom is -0.434 e. The van der Waals surface area contributed by atoms with E-state index in [0.29, 0.717) is 0 Å². The Labute approximate surface area is 97.5 Å². The molecule has 2 atom stereocenters. The third-order valence-electron chi connectivity index (χ3n) is 1.87. The summed E-state index contributed by atoms with van der Waals surface area (Å²) >= 11 is 3.44.